The molecule has 3 N–H and O–H groups in total. The average molecular weight is 378 g/mol. The number of hydrogen-bond acceptors (Lipinski definition) is 5. The van der Waals surface area contributed by atoms with Gasteiger partial charge in [-0.15, -0.1) is 0 Å². The van der Waals surface area contributed by atoms with E-state index in [1.54, 1.807) is 12.1 Å². The Morgan fingerprint density at radius 2 is 2.00 bits per heavy atom. The maximum atomic E-state index is 12.9. The van der Waals surface area contributed by atoms with Crippen LogP contribution in [0.2, 0.25) is 0 Å². The number of carbonyl (C=O) groups excluding carboxylic acids is 3. The summed E-state index contributed by atoms with van der Waals surface area (Å²) < 4.78 is 4.55. The number of carbonyl (C=O) groups is 3. The summed E-state index contributed by atoms with van der Waals surface area (Å²) in [4.78, 5) is 36.3. The van der Waals surface area contributed by atoms with E-state index < -0.39 is 17.5 Å². The molecule has 140 valence electrons. The Morgan fingerprint density at radius 3 is 2.62 bits per heavy atom. The number of nitrogens with one attached hydrogen (secondary N) is 3. The molecule has 26 heavy (non-hydrogen) atoms. The van der Waals surface area contributed by atoms with Gasteiger partial charge in [0.2, 0.25) is 0 Å². The fraction of sp³-hybridized carbons (Fsp3) is 0.412. The summed E-state index contributed by atoms with van der Waals surface area (Å²) in [7, 11) is 1.33. The number of hydrazine groups is 1. The SMILES string of the molecule is CC[C@]1(c2ccccc2)NC(=O)N(NC(=S)NCCCC(=O)OC)C1=O. The lowest BCUT2D eigenvalue weighted by Crippen LogP contribution is -2.51. The molecule has 2 rings (SSSR count). The van der Waals surface area contributed by atoms with Gasteiger partial charge in [-0.2, -0.15) is 5.01 Å². The molecule has 0 spiro atoms. The molecule has 1 aliphatic heterocycles. The van der Waals surface area contributed by atoms with E-state index in [4.69, 9.17) is 12.2 Å². The van der Waals surface area contributed by atoms with Gasteiger partial charge in [-0.1, -0.05) is 37.3 Å². The smallest absolute Gasteiger partial charge is 0.344 e. The molecule has 1 saturated heterocycles. The van der Waals surface area contributed by atoms with Gasteiger partial charge >= 0.3 is 12.0 Å². The molecule has 1 aliphatic rings. The van der Waals surface area contributed by atoms with Crippen LogP contribution in [-0.2, 0) is 19.9 Å². The molecule has 1 atom stereocenters. The van der Waals surface area contributed by atoms with E-state index in [2.05, 4.69) is 20.8 Å². The third-order valence-corrected chi connectivity index (χ3v) is 4.41. The second kappa shape index (κ2) is 8.61. The van der Waals surface area contributed by atoms with Gasteiger partial charge in [0.25, 0.3) is 5.91 Å². The van der Waals surface area contributed by atoms with Crippen LogP contribution in [0.4, 0.5) is 4.79 Å². The Morgan fingerprint density at radius 1 is 1.31 bits per heavy atom. The third kappa shape index (κ3) is 4.10. The van der Waals surface area contributed by atoms with E-state index in [-0.39, 0.29) is 17.5 Å². The lowest BCUT2D eigenvalue weighted by atomic mass is 9.87. The summed E-state index contributed by atoms with van der Waals surface area (Å²) in [6, 6.07) is 8.51. The number of esters is 1. The van der Waals surface area contributed by atoms with Crippen LogP contribution in [0.25, 0.3) is 0 Å². The lowest BCUT2D eigenvalue weighted by Gasteiger charge is -2.25. The molecule has 1 fully saturated rings. The topological polar surface area (TPSA) is 99.8 Å². The number of rotatable bonds is 7. The normalized spacial score (nSPS) is 19.1. The quantitative estimate of drug-likeness (QED) is 0.283. The fourth-order valence-electron chi connectivity index (χ4n) is 2.72. The molecule has 1 aromatic rings. The highest BCUT2D eigenvalue weighted by molar-refractivity contribution is 7.80. The number of urea groups is 1. The van der Waals surface area contributed by atoms with E-state index in [0.717, 1.165) is 5.01 Å². The zero-order valence-corrected chi connectivity index (χ0v) is 15.5. The van der Waals surface area contributed by atoms with Gasteiger partial charge in [0.15, 0.2) is 5.11 Å². The summed E-state index contributed by atoms with van der Waals surface area (Å²) in [5.74, 6) is -0.731. The first-order valence-electron chi connectivity index (χ1n) is 8.28. The molecule has 3 amide bonds. The van der Waals surface area contributed by atoms with Crippen LogP contribution in [0.5, 0.6) is 0 Å². The van der Waals surface area contributed by atoms with E-state index in [1.165, 1.54) is 7.11 Å². The van der Waals surface area contributed by atoms with Crippen molar-refractivity contribution in [1.29, 1.82) is 0 Å². The van der Waals surface area contributed by atoms with E-state index in [0.29, 0.717) is 24.9 Å². The van der Waals surface area contributed by atoms with Gasteiger partial charge in [-0.05, 0) is 30.6 Å². The molecule has 1 aromatic carbocycles. The van der Waals surface area contributed by atoms with Crippen LogP contribution in [0.3, 0.4) is 0 Å². The average Bonchev–Trinajstić information content (AvgIpc) is 2.90. The predicted molar refractivity (Wildman–Crippen MR) is 98.8 cm³/mol. The van der Waals surface area contributed by atoms with Gasteiger partial charge in [0.05, 0.1) is 7.11 Å². The van der Waals surface area contributed by atoms with Crippen LogP contribution in [0, 0.1) is 0 Å². The number of thiocarbonyl (C=S) groups is 1. The summed E-state index contributed by atoms with van der Waals surface area (Å²) >= 11 is 5.12. The highest BCUT2D eigenvalue weighted by Crippen LogP contribution is 2.31. The van der Waals surface area contributed by atoms with E-state index in [9.17, 15) is 14.4 Å². The molecule has 0 aliphatic carbocycles. The maximum absolute atomic E-state index is 12.9. The summed E-state index contributed by atoms with van der Waals surface area (Å²) in [5, 5.41) is 6.61. The summed E-state index contributed by atoms with van der Waals surface area (Å²) in [6.45, 7) is 2.24. The van der Waals surface area contributed by atoms with Crippen LogP contribution in [0.1, 0.15) is 31.7 Å². The van der Waals surface area contributed by atoms with Crippen LogP contribution in [-0.4, -0.2) is 41.7 Å². The van der Waals surface area contributed by atoms with Crippen molar-refractivity contribution in [2.75, 3.05) is 13.7 Å². The Bertz CT molecular complexity index is 697. The number of benzene rings is 1. The van der Waals surface area contributed by atoms with Crippen molar-refractivity contribution in [2.24, 2.45) is 0 Å². The number of imide groups is 1. The minimum absolute atomic E-state index is 0.123. The third-order valence-electron chi connectivity index (χ3n) is 4.17. The zero-order chi connectivity index (χ0) is 19.2. The Labute approximate surface area is 157 Å². The van der Waals surface area contributed by atoms with Gasteiger partial charge in [-0.25, -0.2) is 4.79 Å². The van der Waals surface area contributed by atoms with Crippen LogP contribution >= 0.6 is 12.2 Å². The molecule has 0 aromatic heterocycles. The van der Waals surface area contributed by atoms with Crippen molar-refractivity contribution in [1.82, 2.24) is 21.1 Å². The molecule has 8 nitrogen and oxygen atoms in total. The Hall–Kier alpha value is -2.68. The number of hydrogen-bond donors (Lipinski definition) is 3. The summed E-state index contributed by atoms with van der Waals surface area (Å²) in [5.41, 5.74) is 2.21. The van der Waals surface area contributed by atoms with Crippen LogP contribution < -0.4 is 16.1 Å². The first-order chi connectivity index (χ1) is 12.4. The van der Waals surface area contributed by atoms with Crippen molar-refractivity contribution < 1.29 is 19.1 Å². The van der Waals surface area contributed by atoms with Crippen molar-refractivity contribution >= 4 is 35.2 Å². The minimum Gasteiger partial charge on any atom is -0.469 e. The highest BCUT2D eigenvalue weighted by Gasteiger charge is 2.51. The molecule has 9 heteroatoms. The molecule has 0 bridgehead atoms. The predicted octanol–water partition coefficient (Wildman–Crippen LogP) is 1.18. The fourth-order valence-corrected chi connectivity index (χ4v) is 2.91. The van der Waals surface area contributed by atoms with Crippen molar-refractivity contribution in [3.63, 3.8) is 0 Å². The monoisotopic (exact) mass is 378 g/mol. The van der Waals surface area contributed by atoms with Crippen molar-refractivity contribution in [2.45, 2.75) is 31.7 Å². The molecular weight excluding hydrogens is 356 g/mol. The van der Waals surface area contributed by atoms with Crippen LogP contribution in [0.15, 0.2) is 30.3 Å². The zero-order valence-electron chi connectivity index (χ0n) is 14.7. The number of ether oxygens (including phenoxy) is 1. The molecule has 1 heterocycles. The molecule has 0 saturated carbocycles. The second-order valence-electron chi connectivity index (χ2n) is 5.74. The number of nitrogens with zero attached hydrogens (tertiary/aromatic N) is 1. The Balaban J connectivity index is 1.98. The van der Waals surface area contributed by atoms with Gasteiger partial charge < -0.3 is 15.4 Å². The van der Waals surface area contributed by atoms with Gasteiger partial charge in [0, 0.05) is 13.0 Å². The standard InChI is InChI=1S/C17H22N4O4S/c1-3-17(12-8-5-4-6-9-12)14(23)21(16(24)19-17)20-15(26)18-11-7-10-13(22)25-2/h4-6,8-9H,3,7,10-11H2,1-2H3,(H,19,24)(H2,18,20,26)/t17-/m1/s1. The van der Waals surface area contributed by atoms with E-state index in [1.807, 2.05) is 25.1 Å². The molecule has 0 radical (unpaired) electrons. The van der Waals surface area contributed by atoms with Crippen molar-refractivity contribution in [3.05, 3.63) is 35.9 Å². The van der Waals surface area contributed by atoms with E-state index >= 15 is 0 Å². The molecule has 0 unspecified atom stereocenters. The van der Waals surface area contributed by atoms with Crippen molar-refractivity contribution in [3.8, 4) is 0 Å². The largest absolute Gasteiger partial charge is 0.469 e. The first kappa shape index (κ1) is 19.6. The minimum atomic E-state index is -1.12. The maximum Gasteiger partial charge on any atom is 0.344 e. The summed E-state index contributed by atoms with van der Waals surface area (Å²) in [6.07, 6.45) is 1.17. The number of methoxy groups -OCH3 is 1. The highest BCUT2D eigenvalue weighted by atomic mass is 32.1. The first-order valence-corrected chi connectivity index (χ1v) is 8.69. The molecular formula is C17H22N4O4S. The Kier molecular flexibility index (Phi) is 6.51. The number of amides is 3. The van der Waals surface area contributed by atoms with Gasteiger partial charge in [0.1, 0.15) is 5.54 Å². The van der Waals surface area contributed by atoms with Gasteiger partial charge in [-0.3, -0.25) is 15.0 Å². The second-order valence-corrected chi connectivity index (χ2v) is 6.15. The lowest BCUT2D eigenvalue weighted by molar-refractivity contribution is -0.140.